The first-order valence-electron chi connectivity index (χ1n) is 11.6. The summed E-state index contributed by atoms with van der Waals surface area (Å²) < 4.78 is 23.1. The van der Waals surface area contributed by atoms with E-state index in [1.54, 1.807) is 19.9 Å². The van der Waals surface area contributed by atoms with E-state index in [-0.39, 0.29) is 32.4 Å². The summed E-state index contributed by atoms with van der Waals surface area (Å²) in [7, 11) is 1.50. The molecule has 2 N–H and O–H groups in total. The molecule has 3 aromatic rings. The number of carbonyl (C=O) groups excluding carboxylic acids is 1. The van der Waals surface area contributed by atoms with Gasteiger partial charge in [-0.15, -0.1) is 0 Å². The summed E-state index contributed by atoms with van der Waals surface area (Å²) in [6.45, 7) is 3.49. The predicted molar refractivity (Wildman–Crippen MR) is 130 cm³/mol. The highest BCUT2D eigenvalue weighted by Crippen LogP contribution is 2.39. The number of nitrogens with zero attached hydrogens (tertiary/aromatic N) is 3. The molecule has 0 spiro atoms. The summed E-state index contributed by atoms with van der Waals surface area (Å²) in [6.07, 6.45) is -1.33. The molecule has 1 aromatic heterocycles. The molecule has 0 bridgehead atoms. The fraction of sp³-hybridized carbons (Fsp3) is 0.346. The van der Waals surface area contributed by atoms with Crippen molar-refractivity contribution in [3.8, 4) is 6.01 Å². The van der Waals surface area contributed by atoms with Gasteiger partial charge < -0.3 is 18.9 Å². The van der Waals surface area contributed by atoms with Gasteiger partial charge in [0.1, 0.15) is 6.61 Å². The van der Waals surface area contributed by atoms with Crippen molar-refractivity contribution in [1.29, 1.82) is 0 Å². The van der Waals surface area contributed by atoms with Crippen LogP contribution < -0.4 is 4.74 Å². The number of aryl methyl sites for hydroxylation is 2. The van der Waals surface area contributed by atoms with Gasteiger partial charge in [0.15, 0.2) is 5.60 Å². The summed E-state index contributed by atoms with van der Waals surface area (Å²) in [5.74, 6) is -0.714. The average molecular weight is 514 g/mol. The van der Waals surface area contributed by atoms with Crippen LogP contribution >= 0.6 is 0 Å². The van der Waals surface area contributed by atoms with E-state index in [9.17, 15) is 4.79 Å². The molecule has 1 atom stereocenters. The summed E-state index contributed by atoms with van der Waals surface area (Å²) in [4.78, 5) is 26.7. The minimum atomic E-state index is -1.40. The maximum Gasteiger partial charge on any atom is 0.351 e. The summed E-state index contributed by atoms with van der Waals surface area (Å²) in [5.41, 5.74) is 1.29. The van der Waals surface area contributed by atoms with Gasteiger partial charge in [0, 0.05) is 18.5 Å². The molecule has 0 aliphatic heterocycles. The molecule has 1 heterocycles. The van der Waals surface area contributed by atoms with E-state index >= 15 is 0 Å². The van der Waals surface area contributed by atoms with Gasteiger partial charge in [-0.05, 0) is 31.0 Å². The lowest BCUT2D eigenvalue weighted by Gasteiger charge is -2.38. The van der Waals surface area contributed by atoms with Gasteiger partial charge in [0.25, 0.3) is 0 Å². The zero-order chi connectivity index (χ0) is 26.7. The van der Waals surface area contributed by atoms with Crippen LogP contribution in [0.1, 0.15) is 22.5 Å². The van der Waals surface area contributed by atoms with E-state index in [1.165, 1.54) is 7.11 Å². The lowest BCUT2D eigenvalue weighted by Crippen LogP contribution is -2.51. The molecule has 3 rings (SSSR count). The van der Waals surface area contributed by atoms with Crippen LogP contribution in [0, 0.1) is 13.8 Å². The molecular weight excluding hydrogens is 482 g/mol. The Morgan fingerprint density at radius 1 is 0.892 bits per heavy atom. The SMILES string of the molecule is COC(c1ccccc1)(c1ccccc1)[C@H](Oc1nc(C)cc(C)n1)C(=O)OCCOCCON(O)O. The first kappa shape index (κ1) is 28.1. The van der Waals surface area contributed by atoms with E-state index in [2.05, 4.69) is 14.8 Å². The monoisotopic (exact) mass is 513 g/mol. The second kappa shape index (κ2) is 13.7. The van der Waals surface area contributed by atoms with Gasteiger partial charge >= 0.3 is 12.0 Å². The molecule has 0 fully saturated rings. The highest BCUT2D eigenvalue weighted by molar-refractivity contribution is 5.78. The summed E-state index contributed by atoms with van der Waals surface area (Å²) in [5, 5.41) is 16.7. The first-order chi connectivity index (χ1) is 17.9. The molecule has 0 saturated heterocycles. The molecule has 0 saturated carbocycles. The number of carbonyl (C=O) groups is 1. The van der Waals surface area contributed by atoms with Crippen molar-refractivity contribution in [2.45, 2.75) is 25.6 Å². The Morgan fingerprint density at radius 3 is 1.95 bits per heavy atom. The zero-order valence-corrected chi connectivity index (χ0v) is 20.9. The normalized spacial score (nSPS) is 12.4. The molecule has 0 aliphatic carbocycles. The second-order valence-corrected chi connectivity index (χ2v) is 7.97. The largest absolute Gasteiger partial charge is 0.460 e. The standard InChI is InChI=1S/C26H31N3O8/c1-19-18-20(2)28-25(27-19)37-23(24(30)35-16-14-34-15-17-36-29(31)32)26(33-3,21-10-6-4-7-11-21)22-12-8-5-9-13-22/h4-13,18,23,31-32H,14-17H2,1-3H3/t23-/m1/s1. The molecule has 0 aliphatic rings. The Morgan fingerprint density at radius 2 is 1.43 bits per heavy atom. The third-order valence-corrected chi connectivity index (χ3v) is 5.40. The Balaban J connectivity index is 1.94. The third kappa shape index (κ3) is 7.52. The van der Waals surface area contributed by atoms with Crippen molar-refractivity contribution in [2.24, 2.45) is 0 Å². The topological polar surface area (TPSA) is 133 Å². The highest BCUT2D eigenvalue weighted by atomic mass is 17.1. The van der Waals surface area contributed by atoms with E-state index in [1.807, 2.05) is 60.7 Å². The van der Waals surface area contributed by atoms with Crippen molar-refractivity contribution in [3.63, 3.8) is 0 Å². The smallest absolute Gasteiger partial charge is 0.351 e. The van der Waals surface area contributed by atoms with Crippen LogP contribution in [0.25, 0.3) is 0 Å². The molecule has 0 amide bonds. The number of aromatic nitrogens is 2. The van der Waals surface area contributed by atoms with Crippen molar-refractivity contribution in [3.05, 3.63) is 89.2 Å². The van der Waals surface area contributed by atoms with E-state index in [0.717, 1.165) is 0 Å². The van der Waals surface area contributed by atoms with Gasteiger partial charge in [0.05, 0.1) is 25.2 Å². The maximum atomic E-state index is 13.6. The van der Waals surface area contributed by atoms with Gasteiger partial charge in [-0.1, -0.05) is 60.7 Å². The van der Waals surface area contributed by atoms with Crippen LogP contribution in [-0.4, -0.2) is 71.4 Å². The Kier molecular flexibility index (Phi) is 10.4. The molecule has 198 valence electrons. The number of benzene rings is 2. The van der Waals surface area contributed by atoms with Crippen LogP contribution in [0.4, 0.5) is 0 Å². The van der Waals surface area contributed by atoms with Crippen LogP contribution in [-0.2, 0) is 29.4 Å². The Hall–Kier alpha value is -3.45. The average Bonchev–Trinajstić information content (AvgIpc) is 2.88. The van der Waals surface area contributed by atoms with Crippen molar-refractivity contribution in [1.82, 2.24) is 15.4 Å². The van der Waals surface area contributed by atoms with Crippen molar-refractivity contribution >= 4 is 5.97 Å². The van der Waals surface area contributed by atoms with Crippen molar-refractivity contribution in [2.75, 3.05) is 33.5 Å². The number of hydrogen-bond donors (Lipinski definition) is 2. The number of rotatable bonds is 14. The van der Waals surface area contributed by atoms with E-state index < -0.39 is 23.1 Å². The molecule has 37 heavy (non-hydrogen) atoms. The number of ether oxygens (including phenoxy) is 4. The summed E-state index contributed by atoms with van der Waals surface area (Å²) >= 11 is 0. The molecular formula is C26H31N3O8. The Labute approximate surface area is 215 Å². The predicted octanol–water partition coefficient (Wildman–Crippen LogP) is 3.00. The van der Waals surface area contributed by atoms with Crippen LogP contribution in [0.3, 0.4) is 0 Å². The molecule has 11 heteroatoms. The minimum Gasteiger partial charge on any atom is -0.460 e. The lowest BCUT2D eigenvalue weighted by atomic mass is 9.81. The van der Waals surface area contributed by atoms with Gasteiger partial charge in [-0.3, -0.25) is 10.4 Å². The van der Waals surface area contributed by atoms with E-state index in [0.29, 0.717) is 22.5 Å². The maximum absolute atomic E-state index is 13.6. The van der Waals surface area contributed by atoms with Gasteiger partial charge in [0.2, 0.25) is 6.10 Å². The quantitative estimate of drug-likeness (QED) is 0.187. The number of methoxy groups -OCH3 is 1. The van der Waals surface area contributed by atoms with Crippen LogP contribution in [0.5, 0.6) is 6.01 Å². The fourth-order valence-electron chi connectivity index (χ4n) is 3.89. The highest BCUT2D eigenvalue weighted by Gasteiger charge is 2.50. The Bertz CT molecular complexity index is 1060. The van der Waals surface area contributed by atoms with Crippen LogP contribution in [0.2, 0.25) is 0 Å². The molecule has 0 unspecified atom stereocenters. The van der Waals surface area contributed by atoms with Gasteiger partial charge in [-0.25, -0.2) is 19.6 Å². The fourth-order valence-corrected chi connectivity index (χ4v) is 3.89. The zero-order valence-electron chi connectivity index (χ0n) is 20.9. The van der Waals surface area contributed by atoms with Crippen LogP contribution in [0.15, 0.2) is 66.7 Å². The summed E-state index contributed by atoms with van der Waals surface area (Å²) in [6, 6.07) is 20.3. The first-order valence-corrected chi connectivity index (χ1v) is 11.6. The lowest BCUT2D eigenvalue weighted by molar-refractivity contribution is -0.493. The van der Waals surface area contributed by atoms with Gasteiger partial charge in [-0.2, -0.15) is 0 Å². The molecule has 2 aromatic carbocycles. The molecule has 11 nitrogen and oxygen atoms in total. The third-order valence-electron chi connectivity index (χ3n) is 5.40. The second-order valence-electron chi connectivity index (χ2n) is 7.97. The number of hydrogen-bond acceptors (Lipinski definition) is 11. The molecule has 0 radical (unpaired) electrons. The minimum absolute atomic E-state index is 0.0127. The van der Waals surface area contributed by atoms with Crippen molar-refractivity contribution < 1.29 is 39.0 Å². The number of esters is 1. The van der Waals surface area contributed by atoms with E-state index in [4.69, 9.17) is 29.4 Å².